The van der Waals surface area contributed by atoms with Gasteiger partial charge >= 0.3 is 11.3 Å². The second-order valence-electron chi connectivity index (χ2n) is 7.25. The number of thioether (sulfide) groups is 1. The lowest BCUT2D eigenvalue weighted by Gasteiger charge is -2.28. The molecule has 1 heterocycles. The Labute approximate surface area is 198 Å². The lowest BCUT2D eigenvalue weighted by Crippen LogP contribution is -2.36. The van der Waals surface area contributed by atoms with E-state index in [1.165, 1.54) is 16.8 Å². The van der Waals surface area contributed by atoms with Crippen LogP contribution in [0.2, 0.25) is 0 Å². The predicted octanol–water partition coefficient (Wildman–Crippen LogP) is 5.17. The average Bonchev–Trinajstić information content (AvgIpc) is 2.83. The van der Waals surface area contributed by atoms with Crippen molar-refractivity contribution in [2.24, 2.45) is 5.10 Å². The minimum atomic E-state index is -0.483. The Morgan fingerprint density at radius 2 is 1.82 bits per heavy atom. The van der Waals surface area contributed by atoms with Crippen LogP contribution in [0.4, 0.5) is 15.3 Å². The summed E-state index contributed by atoms with van der Waals surface area (Å²) in [5, 5.41) is 8.81. The summed E-state index contributed by atoms with van der Waals surface area (Å²) >= 11 is 1.29. The quantitative estimate of drug-likeness (QED) is 0.543. The molecule has 1 unspecified atom stereocenters. The number of carbonyl (C=O) groups is 2. The van der Waals surface area contributed by atoms with Gasteiger partial charge in [0.25, 0.3) is 0 Å². The normalized spacial score (nSPS) is 15.6. The Morgan fingerprint density at radius 3 is 2.45 bits per heavy atom. The molecule has 2 amide bonds. The summed E-state index contributed by atoms with van der Waals surface area (Å²) in [6.07, 6.45) is 0.932. The molecule has 0 spiro atoms. The molecule has 33 heavy (non-hydrogen) atoms. The number of benzene rings is 2. The SMILES string of the molecule is CCOC(=O)Nc1ccc(CCN2N=C(c3ccc(OC)c(OC)c3)C(CC)SC2=O)cc1. The predicted molar refractivity (Wildman–Crippen MR) is 131 cm³/mol. The van der Waals surface area contributed by atoms with Crippen LogP contribution >= 0.6 is 11.8 Å². The van der Waals surface area contributed by atoms with Crippen molar-refractivity contribution in [1.82, 2.24) is 5.01 Å². The monoisotopic (exact) mass is 471 g/mol. The first-order chi connectivity index (χ1) is 16.0. The van der Waals surface area contributed by atoms with Gasteiger partial charge in [0, 0.05) is 17.8 Å². The van der Waals surface area contributed by atoms with Crippen molar-refractivity contribution in [2.75, 3.05) is 32.7 Å². The third-order valence-electron chi connectivity index (χ3n) is 5.13. The van der Waals surface area contributed by atoms with Crippen molar-refractivity contribution < 1.29 is 23.8 Å². The van der Waals surface area contributed by atoms with E-state index < -0.39 is 6.09 Å². The van der Waals surface area contributed by atoms with Gasteiger partial charge in [0.1, 0.15) is 0 Å². The van der Waals surface area contributed by atoms with Crippen molar-refractivity contribution in [3.63, 3.8) is 0 Å². The number of methoxy groups -OCH3 is 2. The highest BCUT2D eigenvalue weighted by Crippen LogP contribution is 2.33. The highest BCUT2D eigenvalue weighted by molar-refractivity contribution is 8.14. The standard InChI is InChI=1S/C24H29N3O5S/c1-5-21-22(17-9-12-19(30-3)20(15-17)31-4)26-27(24(29)33-21)14-13-16-7-10-18(11-8-16)25-23(28)32-6-2/h7-12,15,21H,5-6,13-14H2,1-4H3,(H,25,28). The highest BCUT2D eigenvalue weighted by atomic mass is 32.2. The molecule has 0 fully saturated rings. The number of hydrogen-bond acceptors (Lipinski definition) is 7. The molecule has 3 rings (SSSR count). The van der Waals surface area contributed by atoms with E-state index >= 15 is 0 Å². The first-order valence-electron chi connectivity index (χ1n) is 10.8. The fourth-order valence-electron chi connectivity index (χ4n) is 3.41. The first kappa shape index (κ1) is 24.4. The molecule has 0 radical (unpaired) electrons. The van der Waals surface area contributed by atoms with Crippen LogP contribution in [0.5, 0.6) is 11.5 Å². The molecule has 1 aliphatic heterocycles. The fraction of sp³-hybridized carbons (Fsp3) is 0.375. The first-order valence-corrected chi connectivity index (χ1v) is 11.7. The maximum atomic E-state index is 12.7. The van der Waals surface area contributed by atoms with Crippen molar-refractivity contribution >= 4 is 34.5 Å². The number of rotatable bonds is 9. The van der Waals surface area contributed by atoms with Crippen LogP contribution in [0.15, 0.2) is 47.6 Å². The molecular weight excluding hydrogens is 442 g/mol. The zero-order chi connectivity index (χ0) is 23.8. The molecule has 9 heteroatoms. The Kier molecular flexibility index (Phi) is 8.59. The van der Waals surface area contributed by atoms with E-state index in [-0.39, 0.29) is 10.5 Å². The van der Waals surface area contributed by atoms with Crippen molar-refractivity contribution in [3.8, 4) is 11.5 Å². The number of amides is 2. The Bertz CT molecular complexity index is 1010. The molecule has 0 aliphatic carbocycles. The fourth-order valence-corrected chi connectivity index (χ4v) is 4.36. The average molecular weight is 472 g/mol. The van der Waals surface area contributed by atoms with Crippen LogP contribution in [0.25, 0.3) is 0 Å². The van der Waals surface area contributed by atoms with Gasteiger partial charge in [-0.3, -0.25) is 10.1 Å². The molecule has 2 aromatic rings. The number of hydrazone groups is 1. The van der Waals surface area contributed by atoms with Gasteiger partial charge in [-0.1, -0.05) is 30.8 Å². The summed E-state index contributed by atoms with van der Waals surface area (Å²) in [4.78, 5) is 24.2. The Balaban J connectivity index is 1.73. The molecule has 0 bridgehead atoms. The van der Waals surface area contributed by atoms with E-state index in [4.69, 9.17) is 19.3 Å². The van der Waals surface area contributed by atoms with Crippen LogP contribution in [0.3, 0.4) is 0 Å². The number of hydrogen-bond donors (Lipinski definition) is 1. The summed E-state index contributed by atoms with van der Waals surface area (Å²) in [7, 11) is 3.19. The minimum absolute atomic E-state index is 0.0277. The molecule has 1 N–H and O–H groups in total. The van der Waals surface area contributed by atoms with E-state index in [9.17, 15) is 9.59 Å². The lowest BCUT2D eigenvalue weighted by molar-refractivity contribution is 0.168. The van der Waals surface area contributed by atoms with Gasteiger partial charge in [-0.2, -0.15) is 5.10 Å². The molecule has 2 aromatic carbocycles. The highest BCUT2D eigenvalue weighted by Gasteiger charge is 2.30. The number of nitrogens with zero attached hydrogens (tertiary/aromatic N) is 2. The van der Waals surface area contributed by atoms with E-state index in [2.05, 4.69) is 5.32 Å². The van der Waals surface area contributed by atoms with Crippen LogP contribution in [0, 0.1) is 0 Å². The van der Waals surface area contributed by atoms with Crippen molar-refractivity contribution in [2.45, 2.75) is 31.9 Å². The van der Waals surface area contributed by atoms with Gasteiger partial charge in [0.2, 0.25) is 0 Å². The summed E-state index contributed by atoms with van der Waals surface area (Å²) in [5.41, 5.74) is 3.43. The van der Waals surface area contributed by atoms with Gasteiger partial charge < -0.3 is 14.2 Å². The maximum Gasteiger partial charge on any atom is 0.411 e. The molecule has 176 valence electrons. The lowest BCUT2D eigenvalue weighted by atomic mass is 10.0. The molecule has 8 nitrogen and oxygen atoms in total. The minimum Gasteiger partial charge on any atom is -0.493 e. The maximum absolute atomic E-state index is 12.7. The molecule has 1 aliphatic rings. The van der Waals surface area contributed by atoms with Crippen LogP contribution in [-0.4, -0.2) is 54.7 Å². The number of anilines is 1. The number of nitrogens with one attached hydrogen (secondary N) is 1. The van der Waals surface area contributed by atoms with Gasteiger partial charge in [0.05, 0.1) is 31.8 Å². The van der Waals surface area contributed by atoms with Gasteiger partial charge in [-0.05, 0) is 55.7 Å². The van der Waals surface area contributed by atoms with E-state index in [1.54, 1.807) is 21.1 Å². The smallest absolute Gasteiger partial charge is 0.411 e. The van der Waals surface area contributed by atoms with E-state index in [0.717, 1.165) is 23.3 Å². The topological polar surface area (TPSA) is 89.5 Å². The van der Waals surface area contributed by atoms with Crippen LogP contribution in [-0.2, 0) is 11.2 Å². The number of ether oxygens (including phenoxy) is 3. The molecule has 0 aromatic heterocycles. The second-order valence-corrected chi connectivity index (χ2v) is 8.41. The molecular formula is C24H29N3O5S. The van der Waals surface area contributed by atoms with Gasteiger partial charge in [-0.15, -0.1) is 0 Å². The second kappa shape index (κ2) is 11.6. The number of carbonyl (C=O) groups excluding carboxylic acids is 2. The Hall–Kier alpha value is -3.20. The van der Waals surface area contributed by atoms with Crippen LogP contribution in [0.1, 0.15) is 31.4 Å². The van der Waals surface area contributed by atoms with Crippen molar-refractivity contribution in [3.05, 3.63) is 53.6 Å². The molecule has 0 saturated heterocycles. The van der Waals surface area contributed by atoms with Crippen molar-refractivity contribution in [1.29, 1.82) is 0 Å². The van der Waals surface area contributed by atoms with E-state index in [0.29, 0.717) is 36.8 Å². The summed E-state index contributed by atoms with van der Waals surface area (Å²) in [6, 6.07) is 13.1. The van der Waals surface area contributed by atoms with Gasteiger partial charge in [-0.25, -0.2) is 9.80 Å². The van der Waals surface area contributed by atoms with E-state index in [1.807, 2.05) is 49.4 Å². The molecule has 1 atom stereocenters. The Morgan fingerprint density at radius 1 is 1.09 bits per heavy atom. The molecule has 0 saturated carbocycles. The third-order valence-corrected chi connectivity index (χ3v) is 6.38. The zero-order valence-electron chi connectivity index (χ0n) is 19.3. The third kappa shape index (κ3) is 6.19. The largest absolute Gasteiger partial charge is 0.493 e. The van der Waals surface area contributed by atoms with Gasteiger partial charge in [0.15, 0.2) is 11.5 Å². The summed E-state index contributed by atoms with van der Waals surface area (Å²) in [5.74, 6) is 1.27. The summed E-state index contributed by atoms with van der Waals surface area (Å²) < 4.78 is 15.7. The summed E-state index contributed by atoms with van der Waals surface area (Å²) in [6.45, 7) is 4.56. The van der Waals surface area contributed by atoms with Crippen LogP contribution < -0.4 is 14.8 Å². The zero-order valence-corrected chi connectivity index (χ0v) is 20.1.